The van der Waals surface area contributed by atoms with Crippen molar-refractivity contribution < 1.29 is 53.1 Å². The van der Waals surface area contributed by atoms with E-state index in [1.54, 1.807) is 64.9 Å². The number of methoxy groups -OCH3 is 1. The van der Waals surface area contributed by atoms with Crippen molar-refractivity contribution in [2.24, 2.45) is 23.7 Å². The number of fused-ring (bicyclic) bond motifs is 2. The topological polar surface area (TPSA) is 190 Å². The first-order valence-electron chi connectivity index (χ1n) is 20.9. The van der Waals surface area contributed by atoms with E-state index in [-0.39, 0.29) is 42.6 Å². The number of amides is 1. The first kappa shape index (κ1) is 44.7. The third-order valence-electron chi connectivity index (χ3n) is 13.6. The summed E-state index contributed by atoms with van der Waals surface area (Å²) in [6.07, 6.45) is 0.468. The standard InChI is InChI=1S/C43H63N5O11/c1-12-33-43(8)37(48(41(54)59-43)27-19-47(20-27)21-29-28-17-44-14-13-30(28)45-18-32(29)49)24(4)34(50)22(2)16-42(7,55-11)38(25(5)35(51)26(6)39(53)57-33)58-40-36(52)31(46(9)10)15-23(3)56-40/h13-14,17-18,22-27,31,33,36-38,40,49,52H,12,15-16,19-21H2,1-11H3/t22-,23-,24+,25+,26-,31+,33-,36-,37?,38-,40+,42-,43-/m1/s1. The number of esters is 1. The molecule has 13 atom stereocenters. The van der Waals surface area contributed by atoms with Crippen LogP contribution in [0.25, 0.3) is 10.9 Å². The number of aromatic hydroxyl groups is 1. The molecule has 16 heteroatoms. The number of carbonyl (C=O) groups excluding carboxylic acids is 4. The Morgan fingerprint density at radius 2 is 1.71 bits per heavy atom. The number of likely N-dealkylation sites (tertiary alicyclic amines) is 1. The van der Waals surface area contributed by atoms with E-state index in [2.05, 4.69) is 14.9 Å². The lowest BCUT2D eigenvalue weighted by Gasteiger charge is -2.48. The van der Waals surface area contributed by atoms with Gasteiger partial charge in [-0.3, -0.25) is 34.2 Å². The summed E-state index contributed by atoms with van der Waals surface area (Å²) in [5.41, 5.74) is -1.38. The van der Waals surface area contributed by atoms with Gasteiger partial charge in [0, 0.05) is 73.9 Å². The third kappa shape index (κ3) is 8.32. The van der Waals surface area contributed by atoms with E-state index in [0.717, 1.165) is 5.39 Å². The molecule has 4 aliphatic heterocycles. The van der Waals surface area contributed by atoms with Gasteiger partial charge in [-0.1, -0.05) is 27.7 Å². The fraction of sp³-hybridized carbons (Fsp3) is 0.721. The van der Waals surface area contributed by atoms with Crippen LogP contribution in [0, 0.1) is 23.7 Å². The summed E-state index contributed by atoms with van der Waals surface area (Å²) in [4.78, 5) is 71.5. The lowest BCUT2D eigenvalue weighted by Crippen LogP contribution is -2.65. The molecule has 6 heterocycles. The number of pyridine rings is 2. The van der Waals surface area contributed by atoms with Crippen LogP contribution in [0.4, 0.5) is 4.79 Å². The Bertz CT molecular complexity index is 1890. The summed E-state index contributed by atoms with van der Waals surface area (Å²) in [6, 6.07) is 0.273. The maximum atomic E-state index is 14.8. The van der Waals surface area contributed by atoms with Crippen LogP contribution in [-0.4, -0.2) is 153 Å². The summed E-state index contributed by atoms with van der Waals surface area (Å²) in [5, 5.41) is 22.9. The zero-order valence-corrected chi connectivity index (χ0v) is 36.3. The van der Waals surface area contributed by atoms with E-state index in [9.17, 15) is 29.4 Å². The maximum absolute atomic E-state index is 14.8. The molecule has 0 bridgehead atoms. The summed E-state index contributed by atoms with van der Waals surface area (Å²) in [6.45, 7) is 15.1. The number of carbonyl (C=O) groups is 4. The molecule has 326 valence electrons. The smallest absolute Gasteiger partial charge is 0.411 e. The van der Waals surface area contributed by atoms with Crippen LogP contribution >= 0.6 is 0 Å². The zero-order valence-electron chi connectivity index (χ0n) is 36.3. The second-order valence-corrected chi connectivity index (χ2v) is 18.0. The maximum Gasteiger partial charge on any atom is 0.411 e. The van der Waals surface area contributed by atoms with E-state index >= 15 is 0 Å². The first-order valence-corrected chi connectivity index (χ1v) is 20.9. The fourth-order valence-corrected chi connectivity index (χ4v) is 10.1. The van der Waals surface area contributed by atoms with Crippen molar-refractivity contribution in [2.75, 3.05) is 34.3 Å². The largest absolute Gasteiger partial charge is 0.506 e. The zero-order chi connectivity index (χ0) is 43.3. The average Bonchev–Trinajstić information content (AvgIpc) is 3.45. The van der Waals surface area contributed by atoms with Gasteiger partial charge in [-0.05, 0) is 67.1 Å². The average molecular weight is 826 g/mol. The Kier molecular flexibility index (Phi) is 13.1. The number of ketones is 2. The van der Waals surface area contributed by atoms with Crippen molar-refractivity contribution in [3.63, 3.8) is 0 Å². The molecular formula is C43H63N5O11. The van der Waals surface area contributed by atoms with Crippen LogP contribution in [0.5, 0.6) is 5.75 Å². The Labute approximate surface area is 346 Å². The third-order valence-corrected chi connectivity index (χ3v) is 13.6. The molecule has 4 fully saturated rings. The molecule has 2 N–H and O–H groups in total. The lowest BCUT2D eigenvalue weighted by atomic mass is 9.73. The molecule has 1 unspecified atom stereocenters. The second kappa shape index (κ2) is 17.3. The van der Waals surface area contributed by atoms with Crippen LogP contribution in [0.1, 0.15) is 80.2 Å². The number of nitrogens with zero attached hydrogens (tertiary/aromatic N) is 5. The van der Waals surface area contributed by atoms with E-state index in [1.807, 2.05) is 25.9 Å². The van der Waals surface area contributed by atoms with Gasteiger partial charge in [0.2, 0.25) is 0 Å². The highest BCUT2D eigenvalue weighted by atomic mass is 16.7. The number of likely N-dealkylation sites (N-methyl/N-ethyl adjacent to an activating group) is 1. The SMILES string of the molecule is CC[C@H]1OC(=O)[C@H](C)C(=O)[C@H](C)[C@@H](O[C@@H]2O[C@H](C)C[C@H](N(C)C)[C@H]2O)[C@](C)(OC)C[C@@H](C)C(=O)[C@H](C)C2N(C3CN(Cc4c(O)cnc5ccncc45)C3)C(=O)O[C@@]21C. The number of aromatic nitrogens is 2. The van der Waals surface area contributed by atoms with Crippen LogP contribution in [0.2, 0.25) is 0 Å². The molecule has 6 rings (SSSR count). The van der Waals surface area contributed by atoms with Crippen molar-refractivity contribution >= 4 is 34.5 Å². The van der Waals surface area contributed by atoms with Gasteiger partial charge < -0.3 is 38.8 Å². The molecule has 2 aromatic rings. The summed E-state index contributed by atoms with van der Waals surface area (Å²) in [5.74, 6) is -5.09. The highest BCUT2D eigenvalue weighted by molar-refractivity contribution is 6.00. The Hall–Kier alpha value is -3.80. The van der Waals surface area contributed by atoms with Gasteiger partial charge in [0.25, 0.3) is 0 Å². The van der Waals surface area contributed by atoms with Gasteiger partial charge in [0.15, 0.2) is 17.7 Å². The van der Waals surface area contributed by atoms with Crippen LogP contribution in [0.3, 0.4) is 0 Å². The second-order valence-electron chi connectivity index (χ2n) is 18.0. The van der Waals surface area contributed by atoms with E-state index in [4.69, 9.17) is 23.7 Å². The van der Waals surface area contributed by atoms with Crippen molar-refractivity contribution in [1.29, 1.82) is 0 Å². The summed E-state index contributed by atoms with van der Waals surface area (Å²) in [7, 11) is 5.22. The van der Waals surface area contributed by atoms with Crippen LogP contribution < -0.4 is 0 Å². The van der Waals surface area contributed by atoms with Crippen LogP contribution in [-0.2, 0) is 44.6 Å². The van der Waals surface area contributed by atoms with E-state index in [0.29, 0.717) is 37.1 Å². The molecule has 2 aromatic heterocycles. The highest BCUT2D eigenvalue weighted by Gasteiger charge is 2.62. The Morgan fingerprint density at radius 1 is 1.02 bits per heavy atom. The number of hydrogen-bond acceptors (Lipinski definition) is 15. The van der Waals surface area contributed by atoms with Crippen molar-refractivity contribution in [2.45, 2.75) is 141 Å². The van der Waals surface area contributed by atoms with Gasteiger partial charge in [0.1, 0.15) is 29.7 Å². The monoisotopic (exact) mass is 825 g/mol. The number of ether oxygens (including phenoxy) is 5. The van der Waals surface area contributed by atoms with Crippen molar-refractivity contribution in [3.05, 3.63) is 30.2 Å². The number of aliphatic hydroxyl groups is 1. The number of hydrogen-bond donors (Lipinski definition) is 2. The quantitative estimate of drug-likeness (QED) is 0.289. The van der Waals surface area contributed by atoms with E-state index < -0.39 is 83.4 Å². The molecule has 4 aliphatic rings. The van der Waals surface area contributed by atoms with E-state index in [1.165, 1.54) is 20.2 Å². The lowest BCUT2D eigenvalue weighted by molar-refractivity contribution is -0.295. The normalized spacial score (nSPS) is 38.2. The van der Waals surface area contributed by atoms with Gasteiger partial charge in [0.05, 0.1) is 41.6 Å². The van der Waals surface area contributed by atoms with Crippen molar-refractivity contribution in [3.8, 4) is 5.75 Å². The Balaban J connectivity index is 1.33. The number of Topliss-reactive ketones (excluding diaryl/α,β-unsaturated/α-hetero) is 2. The molecule has 4 saturated heterocycles. The Morgan fingerprint density at radius 3 is 2.36 bits per heavy atom. The predicted molar refractivity (Wildman–Crippen MR) is 215 cm³/mol. The molecular weight excluding hydrogens is 762 g/mol. The number of cyclic esters (lactones) is 1. The molecule has 0 aromatic carbocycles. The number of aliphatic hydroxyl groups excluding tert-OH is 1. The molecule has 0 aliphatic carbocycles. The summed E-state index contributed by atoms with van der Waals surface area (Å²) < 4.78 is 31.3. The predicted octanol–water partition coefficient (Wildman–Crippen LogP) is 3.72. The van der Waals surface area contributed by atoms with Gasteiger partial charge in [-0.25, -0.2) is 4.79 Å². The highest BCUT2D eigenvalue weighted by Crippen LogP contribution is 2.45. The van der Waals surface area contributed by atoms with Gasteiger partial charge in [-0.2, -0.15) is 0 Å². The minimum absolute atomic E-state index is 0.0431. The molecule has 0 radical (unpaired) electrons. The van der Waals surface area contributed by atoms with Gasteiger partial charge in [-0.15, -0.1) is 0 Å². The molecule has 59 heavy (non-hydrogen) atoms. The first-order chi connectivity index (χ1) is 27.8. The molecule has 16 nitrogen and oxygen atoms in total. The minimum Gasteiger partial charge on any atom is -0.506 e. The fourth-order valence-electron chi connectivity index (χ4n) is 10.1. The molecule has 0 spiro atoms. The number of rotatable bonds is 8. The minimum atomic E-state index is -1.45. The molecule has 1 amide bonds. The van der Waals surface area contributed by atoms with Crippen molar-refractivity contribution in [1.82, 2.24) is 24.7 Å². The molecule has 0 saturated carbocycles. The van der Waals surface area contributed by atoms with Gasteiger partial charge >= 0.3 is 12.1 Å². The summed E-state index contributed by atoms with van der Waals surface area (Å²) >= 11 is 0. The van der Waals surface area contributed by atoms with Crippen LogP contribution in [0.15, 0.2) is 24.7 Å².